The summed E-state index contributed by atoms with van der Waals surface area (Å²) in [5.41, 5.74) is -9.69. The van der Waals surface area contributed by atoms with Gasteiger partial charge in [-0.15, -0.1) is 0 Å². The Labute approximate surface area is 121 Å². The van der Waals surface area contributed by atoms with Crippen LogP contribution >= 0.6 is 0 Å². The van der Waals surface area contributed by atoms with Crippen LogP contribution in [0.2, 0.25) is 0 Å². The van der Waals surface area contributed by atoms with Gasteiger partial charge in [-0.3, -0.25) is 4.74 Å². The van der Waals surface area contributed by atoms with E-state index in [1.165, 1.54) is 0 Å². The maximum absolute atomic E-state index is 13.4. The normalized spacial score (nSPS) is 15.4. The molecule has 0 bridgehead atoms. The molecule has 0 aliphatic carbocycles. The molecular formula is C10H10F12O. The molecule has 0 saturated carbocycles. The zero-order chi connectivity index (χ0) is 19.0. The van der Waals surface area contributed by atoms with Crippen LogP contribution < -0.4 is 0 Å². The van der Waals surface area contributed by atoms with Gasteiger partial charge in [-0.05, 0) is 13.8 Å². The molecule has 23 heavy (non-hydrogen) atoms. The Morgan fingerprint density at radius 2 is 0.696 bits per heavy atom. The van der Waals surface area contributed by atoms with E-state index in [9.17, 15) is 52.7 Å². The third kappa shape index (κ3) is 3.48. The van der Waals surface area contributed by atoms with Gasteiger partial charge < -0.3 is 0 Å². The fourth-order valence-electron chi connectivity index (χ4n) is 1.08. The van der Waals surface area contributed by atoms with Crippen LogP contribution in [0.1, 0.15) is 13.8 Å². The Hall–Kier alpha value is -0.880. The fraction of sp³-hybridized carbons (Fsp3) is 1.00. The first-order valence-corrected chi connectivity index (χ1v) is 5.56. The highest BCUT2D eigenvalue weighted by Gasteiger charge is 2.72. The lowest BCUT2D eigenvalue weighted by Gasteiger charge is -2.41. The van der Waals surface area contributed by atoms with Crippen molar-refractivity contribution in [3.63, 3.8) is 0 Å². The lowest BCUT2D eigenvalue weighted by molar-refractivity contribution is -0.469. The largest absolute Gasteiger partial charge is 0.376 e. The first kappa shape index (κ1) is 22.1. The van der Waals surface area contributed by atoms with Gasteiger partial charge in [-0.25, -0.2) is 35.1 Å². The number of hydrogen-bond acceptors (Lipinski definition) is 1. The molecule has 1 nitrogen and oxygen atoms in total. The second-order valence-electron chi connectivity index (χ2n) is 4.90. The standard InChI is InChI=1S/C10H10F12O/c1-7(3(11)12,4(13)14)9(19,20)23-10(21,22)8(2,5(15)16)6(17)18/h3-6H,1-2H3. The lowest BCUT2D eigenvalue weighted by Crippen LogP contribution is -2.59. The van der Waals surface area contributed by atoms with Gasteiger partial charge in [0, 0.05) is 0 Å². The highest BCUT2D eigenvalue weighted by molar-refractivity contribution is 4.93. The van der Waals surface area contributed by atoms with Crippen molar-refractivity contribution in [1.29, 1.82) is 0 Å². The van der Waals surface area contributed by atoms with Crippen molar-refractivity contribution in [2.45, 2.75) is 51.8 Å². The highest BCUT2D eigenvalue weighted by Crippen LogP contribution is 2.54. The van der Waals surface area contributed by atoms with Gasteiger partial charge in [0.25, 0.3) is 25.7 Å². The summed E-state index contributed by atoms with van der Waals surface area (Å²) in [7, 11) is 0. The van der Waals surface area contributed by atoms with Gasteiger partial charge in [0.15, 0.2) is 10.8 Å². The molecule has 0 rings (SSSR count). The summed E-state index contributed by atoms with van der Waals surface area (Å²) in [4.78, 5) is 0. The average molecular weight is 374 g/mol. The molecule has 0 aliphatic heterocycles. The van der Waals surface area contributed by atoms with Crippen LogP contribution in [0.15, 0.2) is 0 Å². The van der Waals surface area contributed by atoms with Crippen molar-refractivity contribution in [3.8, 4) is 0 Å². The molecule has 0 fully saturated rings. The lowest BCUT2D eigenvalue weighted by atomic mass is 9.87. The molecule has 0 atom stereocenters. The third-order valence-electron chi connectivity index (χ3n) is 3.32. The van der Waals surface area contributed by atoms with Gasteiger partial charge in [-0.2, -0.15) is 17.6 Å². The zero-order valence-electron chi connectivity index (χ0n) is 11.3. The molecule has 0 spiro atoms. The summed E-state index contributed by atoms with van der Waals surface area (Å²) < 4.78 is 155. The van der Waals surface area contributed by atoms with Gasteiger partial charge in [0.05, 0.1) is 0 Å². The van der Waals surface area contributed by atoms with Crippen LogP contribution in [0.5, 0.6) is 0 Å². The molecule has 13 heteroatoms. The highest BCUT2D eigenvalue weighted by atomic mass is 19.3. The molecule has 140 valence electrons. The van der Waals surface area contributed by atoms with Gasteiger partial charge in [0.1, 0.15) is 0 Å². The Kier molecular flexibility index (Phi) is 6.30. The Bertz CT molecular complexity index is 341. The Morgan fingerprint density at radius 3 is 0.826 bits per heavy atom. The van der Waals surface area contributed by atoms with E-state index in [4.69, 9.17) is 0 Å². The number of alkyl halides is 12. The summed E-state index contributed by atoms with van der Waals surface area (Å²) >= 11 is 0. The molecule has 0 radical (unpaired) electrons. The Morgan fingerprint density at radius 1 is 0.522 bits per heavy atom. The molecule has 0 amide bonds. The summed E-state index contributed by atoms with van der Waals surface area (Å²) in [5, 5.41) is 0. The van der Waals surface area contributed by atoms with Crippen molar-refractivity contribution >= 4 is 0 Å². The van der Waals surface area contributed by atoms with Crippen LogP contribution in [0.3, 0.4) is 0 Å². The van der Waals surface area contributed by atoms with E-state index in [0.717, 1.165) is 0 Å². The SMILES string of the molecule is CC(C(F)F)(C(F)F)C(F)(F)OC(F)(F)C(C)(C(F)F)C(F)F. The van der Waals surface area contributed by atoms with Crippen LogP contribution in [0.25, 0.3) is 0 Å². The van der Waals surface area contributed by atoms with E-state index in [0.29, 0.717) is 0 Å². The van der Waals surface area contributed by atoms with E-state index in [1.807, 2.05) is 0 Å². The molecule has 0 aromatic heterocycles. The molecule has 0 saturated heterocycles. The quantitative estimate of drug-likeness (QED) is 0.527. The number of rotatable bonds is 8. The predicted octanol–water partition coefficient (Wildman–Crippen LogP) is 5.26. The summed E-state index contributed by atoms with van der Waals surface area (Å²) in [6.45, 7) is -1.11. The van der Waals surface area contributed by atoms with Gasteiger partial charge in [0.2, 0.25) is 0 Å². The topological polar surface area (TPSA) is 9.23 Å². The summed E-state index contributed by atoms with van der Waals surface area (Å²) in [6.07, 6.45) is -30.8. The molecule has 0 N–H and O–H groups in total. The zero-order valence-corrected chi connectivity index (χ0v) is 11.3. The maximum atomic E-state index is 13.4. The number of hydrogen-bond donors (Lipinski definition) is 0. The monoisotopic (exact) mass is 374 g/mol. The van der Waals surface area contributed by atoms with Crippen LogP contribution in [-0.4, -0.2) is 37.9 Å². The van der Waals surface area contributed by atoms with Crippen molar-refractivity contribution in [2.24, 2.45) is 10.8 Å². The third-order valence-corrected chi connectivity index (χ3v) is 3.32. The smallest absolute Gasteiger partial charge is 0.254 e. The van der Waals surface area contributed by atoms with Crippen LogP contribution in [0.4, 0.5) is 52.7 Å². The first-order valence-electron chi connectivity index (χ1n) is 5.56. The predicted molar refractivity (Wildman–Crippen MR) is 51.2 cm³/mol. The molecular weight excluding hydrogens is 364 g/mol. The van der Waals surface area contributed by atoms with Crippen LogP contribution in [-0.2, 0) is 4.74 Å². The van der Waals surface area contributed by atoms with Gasteiger partial charge >= 0.3 is 12.2 Å². The van der Waals surface area contributed by atoms with E-state index >= 15 is 0 Å². The molecule has 0 aromatic carbocycles. The van der Waals surface area contributed by atoms with Crippen molar-refractivity contribution < 1.29 is 57.4 Å². The Balaban J connectivity index is 5.92. The van der Waals surface area contributed by atoms with Crippen molar-refractivity contribution in [2.75, 3.05) is 0 Å². The summed E-state index contributed by atoms with van der Waals surface area (Å²) in [5.74, 6) is 0. The van der Waals surface area contributed by atoms with Crippen LogP contribution in [0, 0.1) is 10.8 Å². The molecule has 0 aromatic rings. The van der Waals surface area contributed by atoms with E-state index in [-0.39, 0.29) is 0 Å². The second-order valence-corrected chi connectivity index (χ2v) is 4.90. The number of ether oxygens (including phenoxy) is 1. The minimum absolute atomic E-state index is 0.555. The van der Waals surface area contributed by atoms with Crippen molar-refractivity contribution in [3.05, 3.63) is 0 Å². The average Bonchev–Trinajstić information content (AvgIpc) is 2.33. The van der Waals surface area contributed by atoms with E-state index in [1.54, 1.807) is 0 Å². The van der Waals surface area contributed by atoms with Gasteiger partial charge in [-0.1, -0.05) is 0 Å². The minimum Gasteiger partial charge on any atom is -0.254 e. The van der Waals surface area contributed by atoms with Crippen molar-refractivity contribution in [1.82, 2.24) is 0 Å². The second kappa shape index (κ2) is 6.55. The first-order chi connectivity index (χ1) is 9.98. The summed E-state index contributed by atoms with van der Waals surface area (Å²) in [6, 6.07) is 0. The molecule has 0 unspecified atom stereocenters. The molecule has 0 aliphatic rings. The fourth-order valence-corrected chi connectivity index (χ4v) is 1.08. The molecule has 0 heterocycles. The maximum Gasteiger partial charge on any atom is 0.376 e. The number of halogens is 12. The van der Waals surface area contributed by atoms with E-state index < -0.39 is 62.6 Å². The minimum atomic E-state index is -6.11. The van der Waals surface area contributed by atoms with E-state index in [2.05, 4.69) is 4.74 Å².